The van der Waals surface area contributed by atoms with Crippen LogP contribution in [0, 0.1) is 0 Å². The van der Waals surface area contributed by atoms with Gasteiger partial charge < -0.3 is 24.7 Å². The van der Waals surface area contributed by atoms with Crippen LogP contribution < -0.4 is 4.74 Å². The van der Waals surface area contributed by atoms with Gasteiger partial charge in [0.25, 0.3) is 5.91 Å². The SMILES string of the molecule is O=C(COc1ccc(Cl)cc1)N1CCN(C(=O)Cc2ccccc2)CC1.O=C(O)C(=O)O. The highest BCUT2D eigenvalue weighted by molar-refractivity contribution is 6.30. The number of carbonyl (C=O) groups excluding carboxylic acids is 2. The molecule has 0 atom stereocenters. The van der Waals surface area contributed by atoms with Crippen molar-refractivity contribution >= 4 is 35.4 Å². The number of ether oxygens (including phenoxy) is 1. The van der Waals surface area contributed by atoms with E-state index in [0.29, 0.717) is 43.4 Å². The smallest absolute Gasteiger partial charge is 0.414 e. The molecule has 0 saturated carbocycles. The fourth-order valence-electron chi connectivity index (χ4n) is 2.85. The molecule has 0 radical (unpaired) electrons. The number of benzene rings is 2. The number of carboxylic acid groups (broad SMARTS) is 2. The van der Waals surface area contributed by atoms with Gasteiger partial charge in [0.15, 0.2) is 6.61 Å². The van der Waals surface area contributed by atoms with Gasteiger partial charge in [-0.05, 0) is 29.8 Å². The minimum Gasteiger partial charge on any atom is -0.484 e. The third-order valence-electron chi connectivity index (χ3n) is 4.54. The molecule has 1 aliphatic rings. The lowest BCUT2D eigenvalue weighted by Crippen LogP contribution is -2.52. The predicted molar refractivity (Wildman–Crippen MR) is 116 cm³/mol. The Morgan fingerprint density at radius 2 is 1.28 bits per heavy atom. The van der Waals surface area contributed by atoms with E-state index in [-0.39, 0.29) is 18.4 Å². The largest absolute Gasteiger partial charge is 0.484 e. The first-order chi connectivity index (χ1) is 15.3. The summed E-state index contributed by atoms with van der Waals surface area (Å²) in [5, 5.41) is 15.4. The lowest BCUT2D eigenvalue weighted by atomic mass is 10.1. The van der Waals surface area contributed by atoms with E-state index in [2.05, 4.69) is 0 Å². The molecule has 0 spiro atoms. The molecule has 32 heavy (non-hydrogen) atoms. The maximum Gasteiger partial charge on any atom is 0.414 e. The fourth-order valence-corrected chi connectivity index (χ4v) is 2.98. The van der Waals surface area contributed by atoms with Crippen LogP contribution in [0.1, 0.15) is 5.56 Å². The molecule has 170 valence electrons. The number of aliphatic carboxylic acids is 2. The number of carboxylic acids is 2. The average molecular weight is 463 g/mol. The maximum atomic E-state index is 12.4. The molecule has 2 aromatic rings. The molecular formula is C22H23ClN2O7. The van der Waals surface area contributed by atoms with Gasteiger partial charge >= 0.3 is 11.9 Å². The van der Waals surface area contributed by atoms with Crippen LogP contribution in [-0.4, -0.2) is 76.6 Å². The van der Waals surface area contributed by atoms with Crippen molar-refractivity contribution in [2.45, 2.75) is 6.42 Å². The molecule has 2 aromatic carbocycles. The maximum absolute atomic E-state index is 12.4. The highest BCUT2D eigenvalue weighted by Crippen LogP contribution is 2.15. The molecule has 0 aliphatic carbocycles. The summed E-state index contributed by atoms with van der Waals surface area (Å²) in [6.07, 6.45) is 0.397. The summed E-state index contributed by atoms with van der Waals surface area (Å²) in [5.74, 6) is -3.01. The molecule has 10 heteroatoms. The van der Waals surface area contributed by atoms with Crippen molar-refractivity contribution in [2.75, 3.05) is 32.8 Å². The number of hydrogen-bond acceptors (Lipinski definition) is 5. The molecule has 2 amide bonds. The molecular weight excluding hydrogens is 440 g/mol. The second-order valence-electron chi connectivity index (χ2n) is 6.78. The van der Waals surface area contributed by atoms with Crippen LogP contribution in [0.15, 0.2) is 54.6 Å². The van der Waals surface area contributed by atoms with E-state index in [4.69, 9.17) is 36.1 Å². The number of nitrogens with zero attached hydrogens (tertiary/aromatic N) is 2. The molecule has 0 bridgehead atoms. The first-order valence-electron chi connectivity index (χ1n) is 9.70. The predicted octanol–water partition coefficient (Wildman–Crippen LogP) is 1.79. The van der Waals surface area contributed by atoms with Crippen molar-refractivity contribution in [1.29, 1.82) is 0 Å². The average Bonchev–Trinajstić information content (AvgIpc) is 2.79. The summed E-state index contributed by atoms with van der Waals surface area (Å²) in [4.78, 5) is 46.4. The van der Waals surface area contributed by atoms with Crippen LogP contribution in [0.3, 0.4) is 0 Å². The van der Waals surface area contributed by atoms with Crippen LogP contribution in [0.5, 0.6) is 5.75 Å². The summed E-state index contributed by atoms with van der Waals surface area (Å²) < 4.78 is 5.50. The van der Waals surface area contributed by atoms with E-state index in [1.807, 2.05) is 35.2 Å². The summed E-state index contributed by atoms with van der Waals surface area (Å²) in [6.45, 7) is 2.16. The van der Waals surface area contributed by atoms with Gasteiger partial charge in [-0.15, -0.1) is 0 Å². The van der Waals surface area contributed by atoms with Gasteiger partial charge in [-0.3, -0.25) is 9.59 Å². The zero-order chi connectivity index (χ0) is 23.5. The number of halogens is 1. The van der Waals surface area contributed by atoms with E-state index >= 15 is 0 Å². The third kappa shape index (κ3) is 8.27. The van der Waals surface area contributed by atoms with Crippen LogP contribution in [0.2, 0.25) is 5.02 Å². The van der Waals surface area contributed by atoms with Gasteiger partial charge in [-0.25, -0.2) is 9.59 Å². The van der Waals surface area contributed by atoms with Crippen molar-refractivity contribution in [3.05, 3.63) is 65.2 Å². The monoisotopic (exact) mass is 462 g/mol. The minimum absolute atomic E-state index is 0.0143. The zero-order valence-electron chi connectivity index (χ0n) is 17.1. The first-order valence-corrected chi connectivity index (χ1v) is 10.1. The first kappa shape index (κ1) is 24.7. The van der Waals surface area contributed by atoms with Gasteiger partial charge in [0.2, 0.25) is 5.91 Å². The van der Waals surface area contributed by atoms with Gasteiger partial charge in [0.1, 0.15) is 5.75 Å². The van der Waals surface area contributed by atoms with Crippen molar-refractivity contribution in [2.24, 2.45) is 0 Å². The summed E-state index contributed by atoms with van der Waals surface area (Å²) in [7, 11) is 0. The number of carbonyl (C=O) groups is 4. The van der Waals surface area contributed by atoms with Crippen LogP contribution in [-0.2, 0) is 25.6 Å². The Balaban J connectivity index is 0.000000534. The molecule has 3 rings (SSSR count). The van der Waals surface area contributed by atoms with Gasteiger partial charge in [0.05, 0.1) is 6.42 Å². The van der Waals surface area contributed by atoms with Crippen LogP contribution in [0.25, 0.3) is 0 Å². The van der Waals surface area contributed by atoms with Crippen molar-refractivity contribution < 1.29 is 34.1 Å². The van der Waals surface area contributed by atoms with E-state index in [9.17, 15) is 9.59 Å². The highest BCUT2D eigenvalue weighted by atomic mass is 35.5. The van der Waals surface area contributed by atoms with E-state index in [1.54, 1.807) is 29.2 Å². The molecule has 0 aromatic heterocycles. The Kier molecular flexibility index (Phi) is 9.49. The quantitative estimate of drug-likeness (QED) is 0.649. The van der Waals surface area contributed by atoms with E-state index < -0.39 is 11.9 Å². The Morgan fingerprint density at radius 3 is 1.78 bits per heavy atom. The Hall–Kier alpha value is -3.59. The van der Waals surface area contributed by atoms with Crippen LogP contribution in [0.4, 0.5) is 0 Å². The van der Waals surface area contributed by atoms with Gasteiger partial charge in [-0.1, -0.05) is 41.9 Å². The van der Waals surface area contributed by atoms with Crippen molar-refractivity contribution in [3.8, 4) is 5.75 Å². The van der Waals surface area contributed by atoms with E-state index in [0.717, 1.165) is 5.56 Å². The second-order valence-corrected chi connectivity index (χ2v) is 7.21. The van der Waals surface area contributed by atoms with Gasteiger partial charge in [0, 0.05) is 31.2 Å². The summed E-state index contributed by atoms with van der Waals surface area (Å²) in [6, 6.07) is 16.6. The number of hydrogen-bond donors (Lipinski definition) is 2. The Labute approximate surface area is 189 Å². The Morgan fingerprint density at radius 1 is 0.781 bits per heavy atom. The Bertz CT molecular complexity index is 915. The topological polar surface area (TPSA) is 124 Å². The second kappa shape index (κ2) is 12.3. The minimum atomic E-state index is -1.82. The lowest BCUT2D eigenvalue weighted by Gasteiger charge is -2.34. The standard InChI is InChI=1S/C20H21ClN2O3.C2H2O4/c21-17-6-8-18(9-7-17)26-15-20(25)23-12-10-22(11-13-23)19(24)14-16-4-2-1-3-5-16;3-1(4)2(5)6/h1-9H,10-15H2;(H,3,4)(H,5,6). The normalized spacial score (nSPS) is 12.9. The van der Waals surface area contributed by atoms with Crippen molar-refractivity contribution in [3.63, 3.8) is 0 Å². The molecule has 0 unspecified atom stereocenters. The fraction of sp³-hybridized carbons (Fsp3) is 0.273. The summed E-state index contributed by atoms with van der Waals surface area (Å²) in [5.41, 5.74) is 1.01. The molecule has 1 aliphatic heterocycles. The lowest BCUT2D eigenvalue weighted by molar-refractivity contribution is -0.159. The summed E-state index contributed by atoms with van der Waals surface area (Å²) >= 11 is 5.82. The molecule has 1 fully saturated rings. The molecule has 9 nitrogen and oxygen atoms in total. The third-order valence-corrected chi connectivity index (χ3v) is 4.79. The van der Waals surface area contributed by atoms with Crippen molar-refractivity contribution in [1.82, 2.24) is 9.80 Å². The number of piperazine rings is 1. The highest BCUT2D eigenvalue weighted by Gasteiger charge is 2.24. The van der Waals surface area contributed by atoms with E-state index in [1.165, 1.54) is 0 Å². The molecule has 1 heterocycles. The molecule has 2 N–H and O–H groups in total. The van der Waals surface area contributed by atoms with Crippen LogP contribution >= 0.6 is 11.6 Å². The van der Waals surface area contributed by atoms with Gasteiger partial charge in [-0.2, -0.15) is 0 Å². The molecule has 1 saturated heterocycles. The number of amides is 2. The zero-order valence-corrected chi connectivity index (χ0v) is 17.9. The number of rotatable bonds is 5.